The second-order valence-corrected chi connectivity index (χ2v) is 21.0. The quantitative estimate of drug-likeness (QED) is 0.172. The van der Waals surface area contributed by atoms with Crippen molar-refractivity contribution in [3.63, 3.8) is 0 Å². The molecule has 60 heavy (non-hydrogen) atoms. The van der Waals surface area contributed by atoms with E-state index in [2.05, 4.69) is 210 Å². The fraction of sp³-hybridized carbons (Fsp3) is 0.158. The first-order valence-corrected chi connectivity index (χ1v) is 22.8. The molecule has 0 fully saturated rings. The molecule has 0 aliphatic heterocycles. The minimum absolute atomic E-state index is 0.0431. The molecule has 0 bridgehead atoms. The molecule has 2 aliphatic rings. The number of hydrogen-bond acceptors (Lipinski definition) is 3. The summed E-state index contributed by atoms with van der Waals surface area (Å²) in [5, 5.41) is 5.29. The Morgan fingerprint density at radius 1 is 0.417 bits per heavy atom. The third-order valence-electron chi connectivity index (χ3n) is 13.4. The maximum Gasteiger partial charge on any atom is 0.0727 e. The summed E-state index contributed by atoms with van der Waals surface area (Å²) < 4.78 is 5.39. The second kappa shape index (κ2) is 12.5. The van der Waals surface area contributed by atoms with Gasteiger partial charge >= 0.3 is 0 Å². The molecule has 0 saturated carbocycles. The van der Waals surface area contributed by atoms with E-state index in [-0.39, 0.29) is 10.8 Å². The molecule has 0 N–H and O–H groups in total. The molecule has 1 spiro atoms. The normalized spacial score (nSPS) is 14.0. The van der Waals surface area contributed by atoms with E-state index in [0.29, 0.717) is 0 Å². The number of nitrogens with zero attached hydrogens (tertiary/aromatic N) is 1. The minimum Gasteiger partial charge on any atom is -0.310 e. The van der Waals surface area contributed by atoms with Gasteiger partial charge in [0.1, 0.15) is 0 Å². The van der Waals surface area contributed by atoms with Crippen LogP contribution in [0.15, 0.2) is 164 Å². The number of fused-ring (bicyclic) bond motifs is 18. The summed E-state index contributed by atoms with van der Waals surface area (Å²) in [5.74, 6) is 0. The molecule has 1 nitrogen and oxygen atoms in total. The number of anilines is 3. The van der Waals surface area contributed by atoms with Crippen LogP contribution in [-0.4, -0.2) is 0 Å². The first-order chi connectivity index (χ1) is 29.0. The van der Waals surface area contributed by atoms with Crippen LogP contribution in [0.4, 0.5) is 17.1 Å². The first kappa shape index (κ1) is 35.9. The Morgan fingerprint density at radius 2 is 0.900 bits per heavy atom. The molecule has 0 radical (unpaired) electrons. The lowest BCUT2D eigenvalue weighted by atomic mass is 9.70. The van der Waals surface area contributed by atoms with Gasteiger partial charge in [-0.1, -0.05) is 163 Å². The Labute approximate surface area is 360 Å². The van der Waals surface area contributed by atoms with Crippen molar-refractivity contribution in [2.24, 2.45) is 0 Å². The largest absolute Gasteiger partial charge is 0.310 e. The SMILES string of the molecule is CC(C)(C)c1ccc(N(c2ccc(C(C)(C)C)cc2)c2cc3c(c4sc5ccccc5c24)-c2c(ccc4c2sc2ccccc24)C32c3ccccc3-c3ccccc32)cc1. The van der Waals surface area contributed by atoms with Gasteiger partial charge in [0.2, 0.25) is 0 Å². The monoisotopic (exact) mass is 807 g/mol. The Hall–Kier alpha value is -6.00. The van der Waals surface area contributed by atoms with Gasteiger partial charge in [-0.3, -0.25) is 0 Å². The maximum absolute atomic E-state index is 2.62. The zero-order chi connectivity index (χ0) is 40.7. The van der Waals surface area contributed by atoms with Crippen LogP contribution >= 0.6 is 22.7 Å². The minimum atomic E-state index is -0.501. The number of hydrogen-bond donors (Lipinski definition) is 0. The van der Waals surface area contributed by atoms with Crippen molar-refractivity contribution in [2.75, 3.05) is 4.90 Å². The fourth-order valence-electron chi connectivity index (χ4n) is 10.6. The predicted molar refractivity (Wildman–Crippen MR) is 261 cm³/mol. The molecule has 2 heterocycles. The zero-order valence-corrected chi connectivity index (χ0v) is 36.5. The average Bonchev–Trinajstić information content (AvgIpc) is 3.99. The van der Waals surface area contributed by atoms with Gasteiger partial charge in [0.05, 0.1) is 11.1 Å². The summed E-state index contributed by atoms with van der Waals surface area (Å²) >= 11 is 3.92. The van der Waals surface area contributed by atoms with Gasteiger partial charge in [-0.2, -0.15) is 0 Å². The van der Waals surface area contributed by atoms with E-state index in [9.17, 15) is 0 Å². The highest BCUT2D eigenvalue weighted by atomic mass is 32.1. The van der Waals surface area contributed by atoms with E-state index in [4.69, 9.17) is 0 Å². The second-order valence-electron chi connectivity index (χ2n) is 18.9. The van der Waals surface area contributed by atoms with Crippen LogP contribution in [0.5, 0.6) is 0 Å². The lowest BCUT2D eigenvalue weighted by molar-refractivity contribution is 0.590. The molecule has 0 atom stereocenters. The molecule has 290 valence electrons. The van der Waals surface area contributed by atoms with Gasteiger partial charge in [0.25, 0.3) is 0 Å². The van der Waals surface area contributed by atoms with Gasteiger partial charge in [-0.25, -0.2) is 0 Å². The van der Waals surface area contributed by atoms with E-state index >= 15 is 0 Å². The highest BCUT2D eigenvalue weighted by Crippen LogP contribution is 2.67. The fourth-order valence-corrected chi connectivity index (χ4v) is 13.1. The van der Waals surface area contributed by atoms with Crippen LogP contribution in [-0.2, 0) is 16.2 Å². The van der Waals surface area contributed by atoms with E-state index < -0.39 is 5.41 Å². The van der Waals surface area contributed by atoms with Crippen LogP contribution in [0, 0.1) is 0 Å². The van der Waals surface area contributed by atoms with Crippen molar-refractivity contribution in [3.8, 4) is 22.3 Å². The topological polar surface area (TPSA) is 3.24 Å². The molecule has 0 amide bonds. The smallest absolute Gasteiger partial charge is 0.0727 e. The van der Waals surface area contributed by atoms with Crippen molar-refractivity contribution in [3.05, 3.63) is 197 Å². The van der Waals surface area contributed by atoms with Crippen LogP contribution in [0.25, 0.3) is 62.6 Å². The molecule has 2 aromatic heterocycles. The third-order valence-corrected chi connectivity index (χ3v) is 15.8. The van der Waals surface area contributed by atoms with E-state index in [1.165, 1.54) is 102 Å². The Bertz CT molecular complexity index is 3280. The van der Waals surface area contributed by atoms with Crippen LogP contribution < -0.4 is 4.90 Å². The zero-order valence-electron chi connectivity index (χ0n) is 34.9. The summed E-state index contributed by atoms with van der Waals surface area (Å²) in [5.41, 5.74) is 16.7. The van der Waals surface area contributed by atoms with Gasteiger partial charge in [-0.05, 0) is 97.8 Å². The highest BCUT2D eigenvalue weighted by Gasteiger charge is 2.53. The average molecular weight is 808 g/mol. The molecule has 8 aromatic carbocycles. The lowest BCUT2D eigenvalue weighted by Gasteiger charge is -2.33. The number of rotatable bonds is 3. The molecular formula is C57H45NS2. The van der Waals surface area contributed by atoms with Crippen LogP contribution in [0.1, 0.15) is 74.9 Å². The van der Waals surface area contributed by atoms with Gasteiger partial charge < -0.3 is 4.90 Å². The maximum atomic E-state index is 2.62. The molecule has 2 aliphatic carbocycles. The summed E-state index contributed by atoms with van der Waals surface area (Å²) in [7, 11) is 0. The van der Waals surface area contributed by atoms with Crippen molar-refractivity contribution >= 4 is 80.1 Å². The first-order valence-electron chi connectivity index (χ1n) is 21.2. The van der Waals surface area contributed by atoms with Crippen LogP contribution in [0.3, 0.4) is 0 Å². The summed E-state index contributed by atoms with van der Waals surface area (Å²) in [4.78, 5) is 2.55. The Balaban J connectivity index is 1.27. The summed E-state index contributed by atoms with van der Waals surface area (Å²) in [6, 6.07) is 62.7. The standard InChI is InChI=1S/C57H45NS2/c1-55(2,3)34-23-27-36(28-24-34)58(37-29-25-35(26-30-37)56(4,5)6)47-33-46-52(54-50(47)42-18-10-14-22-49(42)60-54)51-45(32-31-41-40-17-9-13-21-48(40)59-53(41)51)57(46)43-19-11-7-15-38(43)39-16-8-12-20-44(39)57/h7-33H,1-6H3. The van der Waals surface area contributed by atoms with Crippen LogP contribution in [0.2, 0.25) is 0 Å². The molecule has 3 heteroatoms. The molecule has 0 saturated heterocycles. The predicted octanol–water partition coefficient (Wildman–Crippen LogP) is 16.8. The van der Waals surface area contributed by atoms with Crippen molar-refractivity contribution in [2.45, 2.75) is 57.8 Å². The third kappa shape index (κ3) is 4.85. The molecule has 12 rings (SSSR count). The van der Waals surface area contributed by atoms with Crippen molar-refractivity contribution in [1.29, 1.82) is 0 Å². The Morgan fingerprint density at radius 3 is 1.48 bits per heavy atom. The number of benzene rings is 8. The van der Waals surface area contributed by atoms with E-state index in [0.717, 1.165) is 11.4 Å². The van der Waals surface area contributed by atoms with Crippen molar-refractivity contribution < 1.29 is 0 Å². The summed E-state index contributed by atoms with van der Waals surface area (Å²) in [6.07, 6.45) is 0. The highest BCUT2D eigenvalue weighted by molar-refractivity contribution is 7.27. The summed E-state index contributed by atoms with van der Waals surface area (Å²) in [6.45, 7) is 13.8. The lowest BCUT2D eigenvalue weighted by Crippen LogP contribution is -2.26. The van der Waals surface area contributed by atoms with E-state index in [1.807, 2.05) is 22.7 Å². The van der Waals surface area contributed by atoms with Gasteiger partial charge in [-0.15, -0.1) is 22.7 Å². The van der Waals surface area contributed by atoms with Gasteiger partial charge in [0, 0.05) is 62.8 Å². The molecule has 10 aromatic rings. The van der Waals surface area contributed by atoms with Crippen molar-refractivity contribution in [1.82, 2.24) is 0 Å². The number of thiophene rings is 2. The van der Waals surface area contributed by atoms with E-state index in [1.54, 1.807) is 0 Å². The molecule has 0 unspecified atom stereocenters. The van der Waals surface area contributed by atoms with Gasteiger partial charge in [0.15, 0.2) is 0 Å². The molecular weight excluding hydrogens is 763 g/mol. The Kier molecular flexibility index (Phi) is 7.49.